The van der Waals surface area contributed by atoms with Crippen LogP contribution in [0.2, 0.25) is 0 Å². The lowest BCUT2D eigenvalue weighted by atomic mass is 10.0. The number of nitrogens with zero attached hydrogens (tertiary/aromatic N) is 1. The van der Waals surface area contributed by atoms with Crippen LogP contribution in [-0.2, 0) is 0 Å². The molecular weight excluding hydrogens is 302 g/mol. The monoisotopic (exact) mass is 344 g/mol. The topological polar surface area (TPSA) is 0 Å². The second-order valence-electron chi connectivity index (χ2n) is 7.72. The molecule has 0 saturated heterocycles. The predicted molar refractivity (Wildman–Crippen MR) is 107 cm³/mol. The molecule has 0 aliphatic carbocycles. The van der Waals surface area contributed by atoms with E-state index in [2.05, 4.69) is 27.6 Å². The summed E-state index contributed by atoms with van der Waals surface area (Å²) in [5.41, 5.74) is 0.223. The molecule has 0 aliphatic heterocycles. The SMILES string of the molecule is C=CC[N+](C)(C)C(Cl)CCCCCCCCCCCCCCC. The Balaban J connectivity index is 3.29. The molecule has 0 fully saturated rings. The van der Waals surface area contributed by atoms with Gasteiger partial charge in [0.1, 0.15) is 0 Å². The van der Waals surface area contributed by atoms with Crippen LogP contribution in [-0.4, -0.2) is 30.6 Å². The Hall–Kier alpha value is -0.0100. The molecule has 0 rings (SSSR count). The number of hydrogen-bond donors (Lipinski definition) is 0. The molecule has 0 aromatic rings. The first-order valence-corrected chi connectivity index (χ1v) is 10.6. The Morgan fingerprint density at radius 2 is 1.17 bits per heavy atom. The van der Waals surface area contributed by atoms with E-state index in [1.807, 2.05) is 6.08 Å². The molecule has 0 aliphatic rings. The van der Waals surface area contributed by atoms with Gasteiger partial charge in [0.05, 0.1) is 20.6 Å². The minimum absolute atomic E-state index is 0.223. The van der Waals surface area contributed by atoms with E-state index in [0.29, 0.717) is 0 Å². The lowest BCUT2D eigenvalue weighted by Gasteiger charge is -2.33. The summed E-state index contributed by atoms with van der Waals surface area (Å²) in [6.07, 6.45) is 21.4. The van der Waals surface area contributed by atoms with E-state index >= 15 is 0 Å². The first-order valence-electron chi connectivity index (χ1n) is 10.1. The Morgan fingerprint density at radius 1 is 0.783 bits per heavy atom. The molecule has 0 aromatic carbocycles. The minimum Gasteiger partial charge on any atom is -0.310 e. The van der Waals surface area contributed by atoms with Gasteiger partial charge < -0.3 is 4.48 Å². The van der Waals surface area contributed by atoms with Gasteiger partial charge in [0, 0.05) is 6.42 Å². The number of rotatable bonds is 17. The number of likely N-dealkylation sites (N-methyl/N-ethyl adjacent to an activating group) is 1. The summed E-state index contributed by atoms with van der Waals surface area (Å²) in [7, 11) is 4.39. The van der Waals surface area contributed by atoms with E-state index < -0.39 is 0 Å². The maximum Gasteiger partial charge on any atom is 0.164 e. The summed E-state index contributed by atoms with van der Waals surface area (Å²) in [5, 5.41) is 0. The molecule has 1 unspecified atom stereocenters. The average Bonchev–Trinajstić information content (AvgIpc) is 2.51. The molecule has 0 saturated carbocycles. The Kier molecular flexibility index (Phi) is 15.5. The number of halogens is 1. The van der Waals surface area contributed by atoms with Crippen LogP contribution in [0, 0.1) is 0 Å². The molecular formula is C21H43ClN+. The summed E-state index contributed by atoms with van der Waals surface area (Å²) < 4.78 is 0.851. The molecule has 2 heteroatoms. The zero-order chi connectivity index (χ0) is 17.4. The van der Waals surface area contributed by atoms with Crippen molar-refractivity contribution in [1.82, 2.24) is 0 Å². The molecule has 0 N–H and O–H groups in total. The van der Waals surface area contributed by atoms with Gasteiger partial charge in [-0.25, -0.2) is 0 Å². The highest BCUT2D eigenvalue weighted by molar-refractivity contribution is 6.19. The van der Waals surface area contributed by atoms with Crippen molar-refractivity contribution in [2.45, 2.75) is 102 Å². The van der Waals surface area contributed by atoms with Crippen molar-refractivity contribution in [3.63, 3.8) is 0 Å². The first-order chi connectivity index (χ1) is 11.0. The van der Waals surface area contributed by atoms with E-state index in [0.717, 1.165) is 17.4 Å². The van der Waals surface area contributed by atoms with Gasteiger partial charge in [0.25, 0.3) is 0 Å². The third-order valence-electron chi connectivity index (χ3n) is 4.90. The summed E-state index contributed by atoms with van der Waals surface area (Å²) in [6, 6.07) is 0. The lowest BCUT2D eigenvalue weighted by Crippen LogP contribution is -2.45. The van der Waals surface area contributed by atoms with E-state index in [1.165, 1.54) is 83.5 Å². The maximum absolute atomic E-state index is 6.52. The predicted octanol–water partition coefficient (Wildman–Crippen LogP) is 7.30. The molecule has 138 valence electrons. The summed E-state index contributed by atoms with van der Waals surface area (Å²) in [6.45, 7) is 7.06. The third kappa shape index (κ3) is 14.1. The molecule has 23 heavy (non-hydrogen) atoms. The van der Waals surface area contributed by atoms with Gasteiger partial charge in [-0.05, 0) is 12.5 Å². The van der Waals surface area contributed by atoms with E-state index in [9.17, 15) is 0 Å². The van der Waals surface area contributed by atoms with Crippen LogP contribution in [0.1, 0.15) is 96.8 Å². The van der Waals surface area contributed by atoms with Gasteiger partial charge in [0.2, 0.25) is 0 Å². The van der Waals surface area contributed by atoms with Crippen molar-refractivity contribution in [1.29, 1.82) is 0 Å². The van der Waals surface area contributed by atoms with Gasteiger partial charge >= 0.3 is 0 Å². The molecule has 1 atom stereocenters. The summed E-state index contributed by atoms with van der Waals surface area (Å²) >= 11 is 6.52. The van der Waals surface area contributed by atoms with Crippen molar-refractivity contribution in [2.75, 3.05) is 20.6 Å². The third-order valence-corrected chi connectivity index (χ3v) is 5.65. The van der Waals surface area contributed by atoms with Gasteiger partial charge in [-0.2, -0.15) is 0 Å². The quantitative estimate of drug-likeness (QED) is 0.0853. The largest absolute Gasteiger partial charge is 0.310 e. The molecule has 0 heterocycles. The van der Waals surface area contributed by atoms with Crippen LogP contribution in [0.3, 0.4) is 0 Å². The Bertz CT molecular complexity index is 263. The highest BCUT2D eigenvalue weighted by atomic mass is 35.5. The van der Waals surface area contributed by atoms with Gasteiger partial charge in [-0.1, -0.05) is 102 Å². The van der Waals surface area contributed by atoms with Crippen LogP contribution in [0.25, 0.3) is 0 Å². The zero-order valence-electron chi connectivity index (χ0n) is 16.3. The van der Waals surface area contributed by atoms with Crippen LogP contribution in [0.4, 0.5) is 0 Å². The minimum atomic E-state index is 0.223. The van der Waals surface area contributed by atoms with Crippen molar-refractivity contribution >= 4 is 11.6 Å². The highest BCUT2D eigenvalue weighted by Crippen LogP contribution is 2.19. The van der Waals surface area contributed by atoms with Crippen molar-refractivity contribution < 1.29 is 4.48 Å². The van der Waals surface area contributed by atoms with Crippen LogP contribution in [0.5, 0.6) is 0 Å². The van der Waals surface area contributed by atoms with Crippen LogP contribution < -0.4 is 0 Å². The second kappa shape index (κ2) is 15.5. The molecule has 0 spiro atoms. The zero-order valence-corrected chi connectivity index (χ0v) is 17.0. The van der Waals surface area contributed by atoms with Crippen LogP contribution >= 0.6 is 11.6 Å². The van der Waals surface area contributed by atoms with Gasteiger partial charge in [0.15, 0.2) is 5.50 Å². The first kappa shape index (κ1) is 23.0. The van der Waals surface area contributed by atoms with Gasteiger partial charge in [-0.3, -0.25) is 0 Å². The summed E-state index contributed by atoms with van der Waals surface area (Å²) in [4.78, 5) is 0. The standard InChI is InChI=1S/C21H43ClN/c1-5-7-8-9-10-11-12-13-14-15-16-17-18-19-21(22)23(3,4)20-6-2/h6,21H,2,5,7-20H2,1,3-4H3/q+1. The molecule has 0 bridgehead atoms. The Labute approximate surface area is 152 Å². The number of hydrogen-bond acceptors (Lipinski definition) is 0. The van der Waals surface area contributed by atoms with Crippen molar-refractivity contribution in [3.05, 3.63) is 12.7 Å². The van der Waals surface area contributed by atoms with E-state index in [-0.39, 0.29) is 5.50 Å². The van der Waals surface area contributed by atoms with Crippen molar-refractivity contribution in [2.24, 2.45) is 0 Å². The summed E-state index contributed by atoms with van der Waals surface area (Å²) in [5.74, 6) is 0. The Morgan fingerprint density at radius 3 is 1.57 bits per heavy atom. The fourth-order valence-electron chi connectivity index (χ4n) is 3.13. The fraction of sp³-hybridized carbons (Fsp3) is 0.905. The number of unbranched alkanes of at least 4 members (excludes halogenated alkanes) is 12. The van der Waals surface area contributed by atoms with E-state index in [4.69, 9.17) is 11.6 Å². The lowest BCUT2D eigenvalue weighted by molar-refractivity contribution is -0.896. The molecule has 0 radical (unpaired) electrons. The fourth-order valence-corrected chi connectivity index (χ4v) is 3.36. The number of alkyl halides is 1. The van der Waals surface area contributed by atoms with Crippen LogP contribution in [0.15, 0.2) is 12.7 Å². The smallest absolute Gasteiger partial charge is 0.164 e. The van der Waals surface area contributed by atoms with Crippen molar-refractivity contribution in [3.8, 4) is 0 Å². The normalized spacial score (nSPS) is 13.2. The average molecular weight is 345 g/mol. The molecule has 0 aromatic heterocycles. The maximum atomic E-state index is 6.52. The van der Waals surface area contributed by atoms with Gasteiger partial charge in [-0.15, -0.1) is 0 Å². The second-order valence-corrected chi connectivity index (χ2v) is 8.22. The molecule has 0 amide bonds. The van der Waals surface area contributed by atoms with E-state index in [1.54, 1.807) is 0 Å². The highest BCUT2D eigenvalue weighted by Gasteiger charge is 2.23. The molecule has 1 nitrogen and oxygen atoms in total. The number of quaternary nitrogens is 1.